The van der Waals surface area contributed by atoms with Crippen LogP contribution in [0.4, 0.5) is 0 Å². The van der Waals surface area contributed by atoms with Crippen molar-refractivity contribution in [2.75, 3.05) is 0 Å². The minimum absolute atomic E-state index is 0.307. The summed E-state index contributed by atoms with van der Waals surface area (Å²) in [6, 6.07) is 5.49. The first-order valence-electron chi connectivity index (χ1n) is 4.64. The fourth-order valence-corrected chi connectivity index (χ4v) is 2.07. The molecule has 1 aromatic carbocycles. The number of rotatable bonds is 0. The molecule has 4 nitrogen and oxygen atoms in total. The summed E-state index contributed by atoms with van der Waals surface area (Å²) in [5.41, 5.74) is 1.98. The summed E-state index contributed by atoms with van der Waals surface area (Å²) in [7, 11) is 0. The van der Waals surface area contributed by atoms with E-state index in [2.05, 4.69) is 15.1 Å². The molecule has 0 unspecified atom stereocenters. The number of benzene rings is 1. The lowest BCUT2D eigenvalue weighted by molar-refractivity contribution is 0.960. The van der Waals surface area contributed by atoms with Crippen LogP contribution in [0.15, 0.2) is 18.2 Å². The molecule has 2 heterocycles. The summed E-state index contributed by atoms with van der Waals surface area (Å²) in [5.74, 6) is 0.649. The van der Waals surface area contributed by atoms with Crippen LogP contribution in [0.2, 0.25) is 10.2 Å². The lowest BCUT2D eigenvalue weighted by atomic mass is 10.3. The minimum atomic E-state index is 0.307. The predicted molar refractivity (Wildman–Crippen MR) is 63.0 cm³/mol. The van der Waals surface area contributed by atoms with E-state index in [9.17, 15) is 0 Å². The Kier molecular flexibility index (Phi) is 2.02. The zero-order valence-corrected chi connectivity index (χ0v) is 9.79. The van der Waals surface area contributed by atoms with Crippen molar-refractivity contribution in [1.29, 1.82) is 0 Å². The number of aryl methyl sites for hydroxylation is 1. The van der Waals surface area contributed by atoms with Gasteiger partial charge in [-0.3, -0.25) is 0 Å². The van der Waals surface area contributed by atoms with Crippen LogP contribution in [0.3, 0.4) is 0 Å². The van der Waals surface area contributed by atoms with Gasteiger partial charge in [0.25, 0.3) is 0 Å². The van der Waals surface area contributed by atoms with Gasteiger partial charge in [0.2, 0.25) is 0 Å². The summed E-state index contributed by atoms with van der Waals surface area (Å²) < 4.78 is 1.66. The Labute approximate surface area is 101 Å². The molecule has 0 aliphatic heterocycles. The van der Waals surface area contributed by atoms with Gasteiger partial charge < -0.3 is 0 Å². The third-order valence-electron chi connectivity index (χ3n) is 2.30. The second kappa shape index (κ2) is 3.30. The standard InChI is InChI=1S/C10H6Cl2N4/c1-5-13-10-9(12)14-8-6(11)3-2-4-7(8)16(10)15-5/h2-4H,1H3. The highest BCUT2D eigenvalue weighted by molar-refractivity contribution is 6.36. The van der Waals surface area contributed by atoms with E-state index >= 15 is 0 Å². The number of para-hydroxylation sites is 1. The molecule has 0 bridgehead atoms. The van der Waals surface area contributed by atoms with E-state index in [0.29, 0.717) is 27.2 Å². The van der Waals surface area contributed by atoms with Gasteiger partial charge in [0, 0.05) is 0 Å². The van der Waals surface area contributed by atoms with Gasteiger partial charge in [-0.2, -0.15) is 5.10 Å². The largest absolute Gasteiger partial charge is 0.229 e. The number of hydrogen-bond acceptors (Lipinski definition) is 3. The van der Waals surface area contributed by atoms with Gasteiger partial charge in [-0.15, -0.1) is 0 Å². The Hall–Kier alpha value is -1.39. The molecular formula is C10H6Cl2N4. The molecule has 0 fully saturated rings. The van der Waals surface area contributed by atoms with Crippen molar-refractivity contribution < 1.29 is 0 Å². The second-order valence-electron chi connectivity index (χ2n) is 3.40. The molecule has 0 radical (unpaired) electrons. The first-order valence-corrected chi connectivity index (χ1v) is 5.39. The van der Waals surface area contributed by atoms with Crippen LogP contribution in [0.5, 0.6) is 0 Å². The van der Waals surface area contributed by atoms with E-state index in [4.69, 9.17) is 23.2 Å². The molecule has 2 aromatic heterocycles. The van der Waals surface area contributed by atoms with Crippen molar-refractivity contribution in [3.05, 3.63) is 34.2 Å². The average Bonchev–Trinajstić information content (AvgIpc) is 2.63. The molecular weight excluding hydrogens is 247 g/mol. The first kappa shape index (κ1) is 9.81. The maximum Gasteiger partial charge on any atom is 0.193 e. The number of aromatic nitrogens is 4. The van der Waals surface area contributed by atoms with Crippen molar-refractivity contribution in [1.82, 2.24) is 19.6 Å². The van der Waals surface area contributed by atoms with E-state index in [-0.39, 0.29) is 0 Å². The lowest BCUT2D eigenvalue weighted by Gasteiger charge is -2.02. The fraction of sp³-hybridized carbons (Fsp3) is 0.100. The fourth-order valence-electron chi connectivity index (χ4n) is 1.65. The van der Waals surface area contributed by atoms with E-state index < -0.39 is 0 Å². The summed E-state index contributed by atoms with van der Waals surface area (Å²) >= 11 is 12.1. The van der Waals surface area contributed by atoms with Gasteiger partial charge in [0.05, 0.1) is 10.5 Å². The van der Waals surface area contributed by atoms with Crippen LogP contribution in [0, 0.1) is 6.92 Å². The van der Waals surface area contributed by atoms with Gasteiger partial charge in [-0.1, -0.05) is 29.3 Å². The zero-order valence-electron chi connectivity index (χ0n) is 8.28. The molecule has 0 spiro atoms. The molecule has 80 valence electrons. The molecule has 3 rings (SSSR count). The van der Waals surface area contributed by atoms with Crippen molar-refractivity contribution >= 4 is 39.9 Å². The van der Waals surface area contributed by atoms with Crippen LogP contribution >= 0.6 is 23.2 Å². The van der Waals surface area contributed by atoms with E-state index in [0.717, 1.165) is 5.52 Å². The molecule has 0 amide bonds. The Morgan fingerprint density at radius 2 is 2.00 bits per heavy atom. The van der Waals surface area contributed by atoms with Crippen LogP contribution in [-0.2, 0) is 0 Å². The van der Waals surface area contributed by atoms with E-state index in [1.807, 2.05) is 12.1 Å². The van der Waals surface area contributed by atoms with E-state index in [1.165, 1.54) is 0 Å². The topological polar surface area (TPSA) is 43.1 Å². The van der Waals surface area contributed by atoms with Crippen LogP contribution in [-0.4, -0.2) is 19.6 Å². The normalized spacial score (nSPS) is 11.4. The van der Waals surface area contributed by atoms with Crippen LogP contribution in [0.25, 0.3) is 16.7 Å². The Bertz CT molecular complexity index is 705. The SMILES string of the molecule is Cc1nc2c(Cl)nc3c(Cl)cccc3n2n1. The molecule has 0 saturated carbocycles. The van der Waals surface area contributed by atoms with Crippen molar-refractivity contribution in [3.63, 3.8) is 0 Å². The highest BCUT2D eigenvalue weighted by atomic mass is 35.5. The van der Waals surface area contributed by atoms with Crippen molar-refractivity contribution in [2.24, 2.45) is 0 Å². The summed E-state index contributed by atoms with van der Waals surface area (Å²) in [4.78, 5) is 8.43. The van der Waals surface area contributed by atoms with Crippen molar-refractivity contribution in [3.8, 4) is 0 Å². The van der Waals surface area contributed by atoms with Gasteiger partial charge in [-0.05, 0) is 19.1 Å². The molecule has 0 atom stereocenters. The Balaban J connectivity index is 2.63. The molecule has 0 saturated heterocycles. The van der Waals surface area contributed by atoms with E-state index in [1.54, 1.807) is 17.5 Å². The van der Waals surface area contributed by atoms with Gasteiger partial charge in [-0.25, -0.2) is 14.5 Å². The first-order chi connectivity index (χ1) is 7.66. The number of nitrogens with zero attached hydrogens (tertiary/aromatic N) is 4. The summed E-state index contributed by atoms with van der Waals surface area (Å²) in [6.07, 6.45) is 0. The zero-order chi connectivity index (χ0) is 11.3. The van der Waals surface area contributed by atoms with Crippen LogP contribution in [0.1, 0.15) is 5.82 Å². The predicted octanol–water partition coefficient (Wildman–Crippen LogP) is 2.89. The highest BCUT2D eigenvalue weighted by Gasteiger charge is 2.11. The molecule has 0 N–H and O–H groups in total. The van der Waals surface area contributed by atoms with Crippen LogP contribution < -0.4 is 0 Å². The number of fused-ring (bicyclic) bond motifs is 3. The van der Waals surface area contributed by atoms with Gasteiger partial charge >= 0.3 is 0 Å². The molecule has 0 aliphatic carbocycles. The van der Waals surface area contributed by atoms with Crippen molar-refractivity contribution in [2.45, 2.75) is 6.92 Å². The third-order valence-corrected chi connectivity index (χ3v) is 2.86. The second-order valence-corrected chi connectivity index (χ2v) is 4.17. The third kappa shape index (κ3) is 1.27. The maximum atomic E-state index is 6.05. The summed E-state index contributed by atoms with van der Waals surface area (Å²) in [5, 5.41) is 5.12. The lowest BCUT2D eigenvalue weighted by Crippen LogP contribution is -1.94. The van der Waals surface area contributed by atoms with Gasteiger partial charge in [0.15, 0.2) is 10.8 Å². The Morgan fingerprint density at radius 3 is 2.81 bits per heavy atom. The maximum absolute atomic E-state index is 6.05. The molecule has 6 heteroatoms. The van der Waals surface area contributed by atoms with Gasteiger partial charge in [0.1, 0.15) is 11.3 Å². The monoisotopic (exact) mass is 252 g/mol. The minimum Gasteiger partial charge on any atom is -0.229 e. The molecule has 3 aromatic rings. The summed E-state index contributed by atoms with van der Waals surface area (Å²) in [6.45, 7) is 1.81. The highest BCUT2D eigenvalue weighted by Crippen LogP contribution is 2.25. The number of halogens is 2. The number of hydrogen-bond donors (Lipinski definition) is 0. The smallest absolute Gasteiger partial charge is 0.193 e. The Morgan fingerprint density at radius 1 is 1.19 bits per heavy atom. The average molecular weight is 253 g/mol. The quantitative estimate of drug-likeness (QED) is 0.618. The molecule has 16 heavy (non-hydrogen) atoms. The molecule has 0 aliphatic rings.